The van der Waals surface area contributed by atoms with Gasteiger partial charge in [0.25, 0.3) is 0 Å². The van der Waals surface area contributed by atoms with Crippen molar-refractivity contribution in [2.45, 2.75) is 5.41 Å². The summed E-state index contributed by atoms with van der Waals surface area (Å²) in [4.78, 5) is 2.49. The first-order valence-electron chi connectivity index (χ1n) is 26.0. The van der Waals surface area contributed by atoms with Gasteiger partial charge in [0.2, 0.25) is 0 Å². The molecule has 12 aromatic carbocycles. The molecule has 15 rings (SSSR count). The van der Waals surface area contributed by atoms with Gasteiger partial charge in [-0.2, -0.15) is 0 Å². The van der Waals surface area contributed by atoms with Crippen LogP contribution in [0.1, 0.15) is 22.3 Å². The number of fused-ring (bicyclic) bond motifs is 12. The second-order valence-electron chi connectivity index (χ2n) is 19.9. The fraction of sp³-hybridized carbons (Fsp3) is 0.0137. The highest BCUT2D eigenvalue weighted by molar-refractivity contribution is 6.13. The molecule has 0 radical (unpaired) electrons. The lowest BCUT2D eigenvalue weighted by atomic mass is 9.65. The highest BCUT2D eigenvalue weighted by atomic mass is 15.1. The van der Waals surface area contributed by atoms with Crippen molar-refractivity contribution in [1.29, 1.82) is 0 Å². The maximum atomic E-state index is 2.52. The largest absolute Gasteiger partial charge is 0.309 e. The number of rotatable bonds is 8. The number of anilines is 3. The van der Waals surface area contributed by atoms with Gasteiger partial charge in [0.15, 0.2) is 0 Å². The summed E-state index contributed by atoms with van der Waals surface area (Å²) in [5.74, 6) is 0. The summed E-state index contributed by atoms with van der Waals surface area (Å²) < 4.78 is 2.52. The number of aromatic nitrogens is 1. The molecule has 1 atom stereocenters. The van der Waals surface area contributed by atoms with Gasteiger partial charge in [0.05, 0.1) is 33.5 Å². The van der Waals surface area contributed by atoms with Crippen LogP contribution in [0.5, 0.6) is 0 Å². The molecule has 0 fully saturated rings. The van der Waals surface area contributed by atoms with Crippen molar-refractivity contribution >= 4 is 38.9 Å². The van der Waals surface area contributed by atoms with Crippen LogP contribution >= 0.6 is 0 Å². The molecule has 0 saturated heterocycles. The maximum absolute atomic E-state index is 2.52. The first kappa shape index (κ1) is 42.9. The van der Waals surface area contributed by atoms with Gasteiger partial charge in [-0.05, 0) is 120 Å². The Hall–Kier alpha value is -9.76. The summed E-state index contributed by atoms with van der Waals surface area (Å²) >= 11 is 0. The van der Waals surface area contributed by atoms with E-state index in [0.717, 1.165) is 39.3 Å². The van der Waals surface area contributed by atoms with Crippen LogP contribution in [0.2, 0.25) is 0 Å². The van der Waals surface area contributed by atoms with Crippen molar-refractivity contribution < 1.29 is 0 Å². The van der Waals surface area contributed by atoms with Gasteiger partial charge in [0, 0.05) is 27.6 Å². The van der Waals surface area contributed by atoms with E-state index in [1.165, 1.54) is 94.3 Å². The number of para-hydroxylation sites is 5. The first-order chi connectivity index (χ1) is 37.2. The van der Waals surface area contributed by atoms with Crippen molar-refractivity contribution in [3.63, 3.8) is 0 Å². The van der Waals surface area contributed by atoms with E-state index in [-0.39, 0.29) is 0 Å². The van der Waals surface area contributed by atoms with E-state index in [4.69, 9.17) is 0 Å². The minimum atomic E-state index is -0.549. The first-order valence-corrected chi connectivity index (χ1v) is 26.0. The van der Waals surface area contributed by atoms with Gasteiger partial charge < -0.3 is 9.47 Å². The molecular weight excluding hydrogens is 905 g/mol. The van der Waals surface area contributed by atoms with E-state index < -0.39 is 5.41 Å². The lowest BCUT2D eigenvalue weighted by Crippen LogP contribution is -2.33. The molecule has 1 spiro atoms. The number of hydrogen-bond acceptors (Lipinski definition) is 1. The Labute approximate surface area is 437 Å². The molecule has 0 amide bonds. The third-order valence-electron chi connectivity index (χ3n) is 16.0. The van der Waals surface area contributed by atoms with Crippen LogP contribution < -0.4 is 4.90 Å². The minimum Gasteiger partial charge on any atom is -0.309 e. The molecule has 75 heavy (non-hydrogen) atoms. The van der Waals surface area contributed by atoms with Crippen LogP contribution in [-0.4, -0.2) is 4.57 Å². The summed E-state index contributed by atoms with van der Waals surface area (Å²) in [7, 11) is 0. The van der Waals surface area contributed by atoms with Crippen molar-refractivity contribution in [3.8, 4) is 72.4 Å². The van der Waals surface area contributed by atoms with Gasteiger partial charge in [-0.1, -0.05) is 249 Å². The SMILES string of the molecule is c1ccc(-c2ccc(-c3ccccc3N(c3cccc(-c4ccc5c(c4)C4(c6ccccc6-5)c5ccccc5-n5c6ccccc6c6cccc4c65)c3)c3ccccc3-c3ccccc3-c3ccccc3)cc2)cc1. The van der Waals surface area contributed by atoms with E-state index in [0.29, 0.717) is 0 Å². The highest BCUT2D eigenvalue weighted by Gasteiger charge is 2.50. The minimum absolute atomic E-state index is 0.549. The van der Waals surface area contributed by atoms with Crippen LogP contribution in [0.25, 0.3) is 94.3 Å². The third kappa shape index (κ3) is 6.53. The molecule has 13 aromatic rings. The summed E-state index contributed by atoms with van der Waals surface area (Å²) in [5, 5.41) is 2.56. The monoisotopic (exact) mass is 952 g/mol. The molecule has 1 aliphatic carbocycles. The van der Waals surface area contributed by atoms with Crippen LogP contribution in [-0.2, 0) is 5.41 Å². The predicted octanol–water partition coefficient (Wildman–Crippen LogP) is 19.3. The maximum Gasteiger partial charge on any atom is 0.0754 e. The molecule has 2 nitrogen and oxygen atoms in total. The normalized spacial score (nSPS) is 13.9. The van der Waals surface area contributed by atoms with Gasteiger partial charge in [-0.3, -0.25) is 0 Å². The van der Waals surface area contributed by atoms with Gasteiger partial charge in [-0.25, -0.2) is 0 Å². The number of nitrogens with zero attached hydrogens (tertiary/aromatic N) is 2. The van der Waals surface area contributed by atoms with Crippen LogP contribution in [0.15, 0.2) is 291 Å². The summed E-state index contributed by atoms with van der Waals surface area (Å²) in [6.07, 6.45) is 0. The molecule has 0 N–H and O–H groups in total. The van der Waals surface area contributed by atoms with Crippen molar-refractivity contribution in [2.24, 2.45) is 0 Å². The van der Waals surface area contributed by atoms with Crippen LogP contribution in [0, 0.1) is 0 Å². The molecule has 1 aromatic heterocycles. The van der Waals surface area contributed by atoms with Gasteiger partial charge in [-0.15, -0.1) is 0 Å². The van der Waals surface area contributed by atoms with Gasteiger partial charge in [0.1, 0.15) is 0 Å². The van der Waals surface area contributed by atoms with Crippen LogP contribution in [0.4, 0.5) is 17.1 Å². The standard InChI is InChI=1S/C73H48N2/c1-3-21-49(22-4-1)50-41-43-52(44-42-50)57-28-10-15-37-68(57)74(69-38-16-11-31-61(69)58-29-8-7-27-56(58)51-23-5-2-6-24-51)55-26-19-25-53(47-55)54-45-46-60-59-30-9-13-34-64(59)73(67(60)48-54)65-35-14-18-40-71(65)75-70-39-17-12-32-62(70)63-33-20-36-66(73)72(63)75/h1-48H. The quantitative estimate of drug-likeness (QED) is 0.147. The van der Waals surface area contributed by atoms with E-state index in [1.54, 1.807) is 0 Å². The van der Waals surface area contributed by atoms with E-state index in [9.17, 15) is 0 Å². The van der Waals surface area contributed by atoms with Crippen LogP contribution in [0.3, 0.4) is 0 Å². The Morgan fingerprint density at radius 2 is 0.760 bits per heavy atom. The second-order valence-corrected chi connectivity index (χ2v) is 19.9. The van der Waals surface area contributed by atoms with Crippen molar-refractivity contribution in [1.82, 2.24) is 4.57 Å². The molecule has 2 heterocycles. The lowest BCUT2D eigenvalue weighted by molar-refractivity contribution is 0.749. The highest BCUT2D eigenvalue weighted by Crippen LogP contribution is 2.61. The summed E-state index contributed by atoms with van der Waals surface area (Å²) in [6, 6.07) is 108. The fourth-order valence-corrected chi connectivity index (χ4v) is 12.8. The Morgan fingerprint density at radius 1 is 0.267 bits per heavy atom. The number of benzene rings is 12. The zero-order chi connectivity index (χ0) is 49.5. The summed E-state index contributed by atoms with van der Waals surface area (Å²) in [5.41, 5.74) is 26.0. The molecule has 350 valence electrons. The third-order valence-corrected chi connectivity index (χ3v) is 16.0. The lowest BCUT2D eigenvalue weighted by Gasteiger charge is -2.39. The molecule has 0 bridgehead atoms. The zero-order valence-corrected chi connectivity index (χ0v) is 41.1. The molecule has 2 heteroatoms. The predicted molar refractivity (Wildman–Crippen MR) is 314 cm³/mol. The molecule has 1 unspecified atom stereocenters. The van der Waals surface area contributed by atoms with Crippen molar-refractivity contribution in [2.75, 3.05) is 4.90 Å². The van der Waals surface area contributed by atoms with E-state index in [1.807, 2.05) is 0 Å². The van der Waals surface area contributed by atoms with Gasteiger partial charge >= 0.3 is 0 Å². The van der Waals surface area contributed by atoms with E-state index >= 15 is 0 Å². The molecular formula is C73H48N2. The molecule has 1 aliphatic heterocycles. The van der Waals surface area contributed by atoms with E-state index in [2.05, 4.69) is 301 Å². The smallest absolute Gasteiger partial charge is 0.0754 e. The Bertz CT molecular complexity index is 4360. The molecule has 0 saturated carbocycles. The molecule has 2 aliphatic rings. The second kappa shape index (κ2) is 17.2. The zero-order valence-electron chi connectivity index (χ0n) is 41.1. The number of hydrogen-bond donors (Lipinski definition) is 0. The Kier molecular flexibility index (Phi) is 9.83. The fourth-order valence-electron chi connectivity index (χ4n) is 12.8. The Morgan fingerprint density at radius 3 is 1.56 bits per heavy atom. The topological polar surface area (TPSA) is 8.17 Å². The Balaban J connectivity index is 0.942. The van der Waals surface area contributed by atoms with Crippen molar-refractivity contribution in [3.05, 3.63) is 313 Å². The average molecular weight is 953 g/mol. The summed E-state index contributed by atoms with van der Waals surface area (Å²) in [6.45, 7) is 0. The average Bonchev–Trinajstić information content (AvgIpc) is 4.22.